The van der Waals surface area contributed by atoms with E-state index < -0.39 is 5.41 Å². The first-order chi connectivity index (χ1) is 14.3. The van der Waals surface area contributed by atoms with Crippen LogP contribution in [0.25, 0.3) is 0 Å². The van der Waals surface area contributed by atoms with Crippen LogP contribution in [0, 0.1) is 5.41 Å². The third-order valence-electron chi connectivity index (χ3n) is 5.24. The van der Waals surface area contributed by atoms with Gasteiger partial charge >= 0.3 is 0 Å². The van der Waals surface area contributed by atoms with E-state index in [1.54, 1.807) is 7.11 Å². The Bertz CT molecular complexity index is 906. The van der Waals surface area contributed by atoms with Gasteiger partial charge in [0.05, 0.1) is 13.7 Å². The molecule has 1 aliphatic heterocycles. The maximum absolute atomic E-state index is 12.3. The predicted molar refractivity (Wildman–Crippen MR) is 115 cm³/mol. The van der Waals surface area contributed by atoms with E-state index in [9.17, 15) is 9.59 Å². The van der Waals surface area contributed by atoms with Crippen molar-refractivity contribution in [3.63, 3.8) is 0 Å². The predicted octanol–water partition coefficient (Wildman–Crippen LogP) is 2.96. The number of hydrogen-bond donors (Lipinski definition) is 0. The first-order valence-electron chi connectivity index (χ1n) is 10.2. The highest BCUT2D eigenvalue weighted by Gasteiger charge is 2.22. The van der Waals surface area contributed by atoms with Gasteiger partial charge in [-0.1, -0.05) is 20.8 Å². The Hall–Kier alpha value is -2.80. The number of nitrogens with zero attached hydrogens (tertiary/aromatic N) is 2. The minimum absolute atomic E-state index is 0.0688. The van der Waals surface area contributed by atoms with Gasteiger partial charge in [-0.2, -0.15) is 0 Å². The van der Waals surface area contributed by atoms with Crippen LogP contribution < -0.4 is 19.8 Å². The maximum atomic E-state index is 12.3. The lowest BCUT2D eigenvalue weighted by Gasteiger charge is -2.35. The molecule has 0 spiro atoms. The van der Waals surface area contributed by atoms with Crippen molar-refractivity contribution in [2.24, 2.45) is 5.41 Å². The Balaban J connectivity index is 1.51. The lowest BCUT2D eigenvalue weighted by molar-refractivity contribution is -0.128. The van der Waals surface area contributed by atoms with Crippen molar-refractivity contribution in [3.8, 4) is 11.5 Å². The number of carbonyl (C=O) groups excluding carboxylic acids is 1. The molecule has 1 aromatic heterocycles. The molecule has 1 aromatic carbocycles. The van der Waals surface area contributed by atoms with Crippen LogP contribution >= 0.6 is 0 Å². The monoisotopic (exact) mass is 414 g/mol. The molecule has 1 aliphatic rings. The first-order valence-corrected chi connectivity index (χ1v) is 10.2. The third kappa shape index (κ3) is 5.63. The fourth-order valence-electron chi connectivity index (χ4n) is 3.16. The molecule has 0 unspecified atom stereocenters. The highest BCUT2D eigenvalue weighted by atomic mass is 16.5. The normalized spacial score (nSPS) is 15.1. The van der Waals surface area contributed by atoms with Crippen molar-refractivity contribution in [2.75, 3.05) is 44.8 Å². The summed E-state index contributed by atoms with van der Waals surface area (Å²) in [6, 6.07) is 9.52. The van der Waals surface area contributed by atoms with Gasteiger partial charge in [-0.05, 0) is 24.3 Å². The van der Waals surface area contributed by atoms with Crippen LogP contribution in [0.4, 0.5) is 5.69 Å². The van der Waals surface area contributed by atoms with Crippen LogP contribution in [-0.2, 0) is 11.3 Å². The van der Waals surface area contributed by atoms with E-state index in [1.807, 2.05) is 32.9 Å². The summed E-state index contributed by atoms with van der Waals surface area (Å²) in [7, 11) is 1.66. The van der Waals surface area contributed by atoms with Gasteiger partial charge in [0.25, 0.3) is 0 Å². The summed E-state index contributed by atoms with van der Waals surface area (Å²) >= 11 is 0. The molecule has 0 amide bonds. The van der Waals surface area contributed by atoms with Crippen LogP contribution in [0.5, 0.6) is 11.5 Å². The average Bonchev–Trinajstić information content (AvgIpc) is 2.73. The van der Waals surface area contributed by atoms with Crippen molar-refractivity contribution in [2.45, 2.75) is 27.3 Å². The third-order valence-corrected chi connectivity index (χ3v) is 5.24. The Kier molecular flexibility index (Phi) is 6.82. The van der Waals surface area contributed by atoms with Crippen molar-refractivity contribution in [1.29, 1.82) is 0 Å². The largest absolute Gasteiger partial charge is 0.497 e. The molecule has 7 heteroatoms. The number of benzene rings is 1. The lowest BCUT2D eigenvalue weighted by Crippen LogP contribution is -2.46. The van der Waals surface area contributed by atoms with Crippen LogP contribution in [0.3, 0.4) is 0 Å². The van der Waals surface area contributed by atoms with E-state index in [0.29, 0.717) is 12.3 Å². The second kappa shape index (κ2) is 9.34. The van der Waals surface area contributed by atoms with E-state index in [1.165, 1.54) is 18.0 Å². The first kappa shape index (κ1) is 21.9. The lowest BCUT2D eigenvalue weighted by atomic mass is 9.91. The van der Waals surface area contributed by atoms with Gasteiger partial charge in [0, 0.05) is 43.3 Å². The minimum Gasteiger partial charge on any atom is -0.497 e. The van der Waals surface area contributed by atoms with Crippen molar-refractivity contribution in [3.05, 3.63) is 52.6 Å². The summed E-state index contributed by atoms with van der Waals surface area (Å²) in [5, 5.41) is 0. The number of Topliss-reactive ketones (excluding diaryl/α,β-unsaturated/α-hetero) is 1. The average molecular weight is 415 g/mol. The Morgan fingerprint density at radius 1 is 1.10 bits per heavy atom. The number of hydrogen-bond acceptors (Lipinski definition) is 7. The molecule has 0 atom stereocenters. The molecule has 162 valence electrons. The van der Waals surface area contributed by atoms with Gasteiger partial charge in [-0.3, -0.25) is 14.5 Å². The number of anilines is 1. The molecule has 0 radical (unpaired) electrons. The van der Waals surface area contributed by atoms with Crippen LogP contribution in [0.15, 0.2) is 45.8 Å². The van der Waals surface area contributed by atoms with E-state index in [0.717, 1.165) is 31.9 Å². The van der Waals surface area contributed by atoms with E-state index in [4.69, 9.17) is 13.9 Å². The molecule has 1 fully saturated rings. The number of carbonyl (C=O) groups is 1. The topological polar surface area (TPSA) is 72.2 Å². The Labute approximate surface area is 177 Å². The zero-order chi connectivity index (χ0) is 21.7. The number of ether oxygens (including phenoxy) is 2. The van der Waals surface area contributed by atoms with Gasteiger partial charge < -0.3 is 18.8 Å². The van der Waals surface area contributed by atoms with Crippen molar-refractivity contribution in [1.82, 2.24) is 4.90 Å². The number of ketones is 1. The van der Waals surface area contributed by atoms with Gasteiger partial charge in [0.15, 0.2) is 5.78 Å². The summed E-state index contributed by atoms with van der Waals surface area (Å²) in [6.45, 7) is 9.41. The summed E-state index contributed by atoms with van der Waals surface area (Å²) in [5.74, 6) is 1.44. The number of rotatable bonds is 7. The SMILES string of the molecule is COc1ccc(N2CCN(Cc3cc(=O)c(OCC(=O)C(C)(C)C)co3)CC2)cc1. The van der Waals surface area contributed by atoms with Crippen LogP contribution in [0.2, 0.25) is 0 Å². The molecular formula is C23H30N2O5. The summed E-state index contributed by atoms with van der Waals surface area (Å²) in [4.78, 5) is 28.8. The Morgan fingerprint density at radius 2 is 1.77 bits per heavy atom. The standard InChI is InChI=1S/C23H30N2O5/c1-23(2,3)22(27)16-30-21-15-29-19(13-20(21)26)14-24-9-11-25(12-10-24)17-5-7-18(28-4)8-6-17/h5-8,13,15H,9-12,14,16H2,1-4H3. The quantitative estimate of drug-likeness (QED) is 0.690. The minimum atomic E-state index is -0.506. The van der Waals surface area contributed by atoms with Crippen LogP contribution in [-0.4, -0.2) is 50.6 Å². The zero-order valence-corrected chi connectivity index (χ0v) is 18.1. The maximum Gasteiger partial charge on any atom is 0.227 e. The molecule has 7 nitrogen and oxygen atoms in total. The summed E-state index contributed by atoms with van der Waals surface area (Å²) in [5.41, 5.74) is 0.400. The fourth-order valence-corrected chi connectivity index (χ4v) is 3.16. The fraction of sp³-hybridized carbons (Fsp3) is 0.478. The number of methoxy groups -OCH3 is 1. The van der Waals surface area contributed by atoms with Crippen LogP contribution in [0.1, 0.15) is 26.5 Å². The van der Waals surface area contributed by atoms with Gasteiger partial charge in [-0.15, -0.1) is 0 Å². The van der Waals surface area contributed by atoms with E-state index >= 15 is 0 Å². The van der Waals surface area contributed by atoms with Gasteiger partial charge in [0.2, 0.25) is 11.2 Å². The second-order valence-corrected chi connectivity index (χ2v) is 8.50. The summed E-state index contributed by atoms with van der Waals surface area (Å²) in [6.07, 6.45) is 1.31. The second-order valence-electron chi connectivity index (χ2n) is 8.50. The van der Waals surface area contributed by atoms with Gasteiger partial charge in [0.1, 0.15) is 24.4 Å². The zero-order valence-electron chi connectivity index (χ0n) is 18.1. The highest BCUT2D eigenvalue weighted by Crippen LogP contribution is 2.21. The Morgan fingerprint density at radius 3 is 2.33 bits per heavy atom. The van der Waals surface area contributed by atoms with Crippen molar-refractivity contribution >= 4 is 11.5 Å². The molecule has 0 N–H and O–H groups in total. The molecule has 3 rings (SSSR count). The molecule has 30 heavy (non-hydrogen) atoms. The van der Waals surface area contributed by atoms with Crippen molar-refractivity contribution < 1.29 is 18.7 Å². The molecule has 0 aliphatic carbocycles. The molecule has 2 aromatic rings. The molecule has 0 bridgehead atoms. The number of piperazine rings is 1. The smallest absolute Gasteiger partial charge is 0.227 e. The van der Waals surface area contributed by atoms with E-state index in [2.05, 4.69) is 21.9 Å². The molecule has 0 saturated carbocycles. The highest BCUT2D eigenvalue weighted by molar-refractivity contribution is 5.85. The summed E-state index contributed by atoms with van der Waals surface area (Å²) < 4.78 is 16.2. The van der Waals surface area contributed by atoms with E-state index in [-0.39, 0.29) is 23.6 Å². The molecule has 2 heterocycles. The molecular weight excluding hydrogens is 384 g/mol. The van der Waals surface area contributed by atoms with Gasteiger partial charge in [-0.25, -0.2) is 0 Å². The molecule has 1 saturated heterocycles.